The van der Waals surface area contributed by atoms with Gasteiger partial charge in [0.15, 0.2) is 6.61 Å². The fraction of sp³-hybridized carbons (Fsp3) is 0.500. The Balaban J connectivity index is 1.03. The molecule has 0 aliphatic carbocycles. The molecule has 4 N–H and O–H groups in total. The number of ether oxygens (including phenoxy) is 1. The summed E-state index contributed by atoms with van der Waals surface area (Å²) in [4.78, 5) is 66.1. The van der Waals surface area contributed by atoms with Crippen molar-refractivity contribution >= 4 is 29.5 Å². The van der Waals surface area contributed by atoms with Gasteiger partial charge in [0.2, 0.25) is 11.8 Å². The van der Waals surface area contributed by atoms with Gasteiger partial charge in [-0.2, -0.15) is 0 Å². The molecule has 240 valence electrons. The van der Waals surface area contributed by atoms with Crippen LogP contribution in [-0.2, 0) is 27.3 Å². The zero-order valence-electron chi connectivity index (χ0n) is 25.7. The predicted octanol–water partition coefficient (Wildman–Crippen LogP) is 2.70. The number of nitrogens with one attached hydrogen (secondary N) is 2. The van der Waals surface area contributed by atoms with E-state index in [1.165, 1.54) is 49.9 Å². The number of nitrogens with two attached hydrogens (primary N) is 1. The molecule has 0 radical (unpaired) electrons. The molecule has 45 heavy (non-hydrogen) atoms. The summed E-state index contributed by atoms with van der Waals surface area (Å²) in [6.45, 7) is 3.44. The van der Waals surface area contributed by atoms with Crippen molar-refractivity contribution in [3.05, 3.63) is 64.7 Å². The molecule has 0 spiro atoms. The van der Waals surface area contributed by atoms with Crippen LogP contribution in [0.25, 0.3) is 0 Å². The number of hydrogen-bond donors (Lipinski definition) is 3. The summed E-state index contributed by atoms with van der Waals surface area (Å²) in [6.07, 6.45) is 9.40. The molecule has 3 heterocycles. The summed E-state index contributed by atoms with van der Waals surface area (Å²) < 4.78 is 5.68. The third kappa shape index (κ3) is 8.34. The van der Waals surface area contributed by atoms with E-state index in [0.29, 0.717) is 12.6 Å². The molecule has 2 aromatic rings. The first kappa shape index (κ1) is 32.3. The van der Waals surface area contributed by atoms with Gasteiger partial charge in [0, 0.05) is 19.0 Å². The molecule has 3 aliphatic rings. The highest BCUT2D eigenvalue weighted by Crippen LogP contribution is 2.33. The van der Waals surface area contributed by atoms with Gasteiger partial charge in [-0.15, -0.1) is 0 Å². The molecule has 3 aliphatic heterocycles. The number of amides is 5. The van der Waals surface area contributed by atoms with Gasteiger partial charge >= 0.3 is 0 Å². The third-order valence-electron chi connectivity index (χ3n) is 8.84. The van der Waals surface area contributed by atoms with E-state index in [0.717, 1.165) is 49.2 Å². The van der Waals surface area contributed by atoms with Gasteiger partial charge in [0.05, 0.1) is 11.1 Å². The van der Waals surface area contributed by atoms with E-state index in [1.54, 1.807) is 6.07 Å². The summed E-state index contributed by atoms with van der Waals surface area (Å²) >= 11 is 0. The Labute approximate surface area is 263 Å². The van der Waals surface area contributed by atoms with Crippen molar-refractivity contribution in [2.24, 2.45) is 5.73 Å². The first-order chi connectivity index (χ1) is 21.8. The topological polar surface area (TPSA) is 151 Å². The molecular weight excluding hydrogens is 574 g/mol. The summed E-state index contributed by atoms with van der Waals surface area (Å²) in [7, 11) is 0. The average molecular weight is 618 g/mol. The molecule has 11 nitrogen and oxygen atoms in total. The first-order valence-corrected chi connectivity index (χ1v) is 16.1. The molecule has 0 bridgehead atoms. The van der Waals surface area contributed by atoms with E-state index >= 15 is 0 Å². The van der Waals surface area contributed by atoms with Crippen molar-refractivity contribution in [2.45, 2.75) is 82.8 Å². The van der Waals surface area contributed by atoms with Gasteiger partial charge in [-0.05, 0) is 81.4 Å². The molecule has 5 rings (SSSR count). The van der Waals surface area contributed by atoms with E-state index in [1.807, 2.05) is 12.1 Å². The summed E-state index contributed by atoms with van der Waals surface area (Å²) in [6, 6.07) is 12.1. The molecular formula is C34H43N5O6. The zero-order chi connectivity index (χ0) is 31.8. The van der Waals surface area contributed by atoms with Gasteiger partial charge in [0.1, 0.15) is 11.8 Å². The molecule has 11 heteroatoms. The number of rotatable bonds is 14. The van der Waals surface area contributed by atoms with Gasteiger partial charge < -0.3 is 20.7 Å². The van der Waals surface area contributed by atoms with Crippen LogP contribution < -0.4 is 21.1 Å². The number of nitrogens with zero attached hydrogens (tertiary/aromatic N) is 2. The number of likely N-dealkylation sites (tertiary alicyclic amines) is 1. The Morgan fingerprint density at radius 3 is 2.44 bits per heavy atom. The summed E-state index contributed by atoms with van der Waals surface area (Å²) in [5, 5.41) is 5.03. The molecule has 2 aromatic carbocycles. The highest BCUT2D eigenvalue weighted by molar-refractivity contribution is 6.24. The second kappa shape index (κ2) is 15.3. The summed E-state index contributed by atoms with van der Waals surface area (Å²) in [5.41, 5.74) is 8.34. The van der Waals surface area contributed by atoms with E-state index in [2.05, 4.69) is 27.7 Å². The number of imide groups is 2. The average Bonchev–Trinajstić information content (AvgIpc) is 3.29. The van der Waals surface area contributed by atoms with E-state index in [-0.39, 0.29) is 42.2 Å². The minimum Gasteiger partial charge on any atom is -0.483 e. The van der Waals surface area contributed by atoms with Gasteiger partial charge in [-0.3, -0.25) is 34.2 Å². The van der Waals surface area contributed by atoms with Crippen molar-refractivity contribution in [2.75, 3.05) is 26.2 Å². The quantitative estimate of drug-likeness (QED) is 0.216. The monoisotopic (exact) mass is 617 g/mol. The molecule has 1 atom stereocenters. The molecule has 2 saturated heterocycles. The number of carbonyl (C=O) groups excluding carboxylic acids is 5. The van der Waals surface area contributed by atoms with Crippen LogP contribution in [0.3, 0.4) is 0 Å². The number of unbranched alkanes of at least 4 members (excludes halogenated alkanes) is 4. The van der Waals surface area contributed by atoms with Crippen molar-refractivity contribution < 1.29 is 28.7 Å². The van der Waals surface area contributed by atoms with Crippen LogP contribution in [0.5, 0.6) is 5.75 Å². The second-order valence-electron chi connectivity index (χ2n) is 12.2. The Hall–Kier alpha value is -4.09. The maximum Gasteiger partial charge on any atom is 0.266 e. The SMILES string of the molecule is NC1CCN(CCCCCCCc2cccc(CNC(=O)COc3cccc4c3C(=O)N(C3CCC(=O)NC3=O)C4=O)c2)CC1. The number of hydrogen-bond acceptors (Lipinski definition) is 8. The van der Waals surface area contributed by atoms with Crippen molar-refractivity contribution in [3.63, 3.8) is 0 Å². The lowest BCUT2D eigenvalue weighted by Gasteiger charge is -2.29. The lowest BCUT2D eigenvalue weighted by Crippen LogP contribution is -2.54. The largest absolute Gasteiger partial charge is 0.483 e. The number of carbonyl (C=O) groups is 5. The number of piperidine rings is 2. The van der Waals surface area contributed by atoms with Crippen LogP contribution in [0.1, 0.15) is 89.6 Å². The van der Waals surface area contributed by atoms with Gasteiger partial charge in [-0.25, -0.2) is 0 Å². The van der Waals surface area contributed by atoms with Crippen molar-refractivity contribution in [1.29, 1.82) is 0 Å². The molecule has 0 saturated carbocycles. The predicted molar refractivity (Wildman–Crippen MR) is 167 cm³/mol. The van der Waals surface area contributed by atoms with Crippen LogP contribution in [0.2, 0.25) is 0 Å². The normalized spacial score (nSPS) is 19.0. The van der Waals surface area contributed by atoms with Crippen LogP contribution in [0, 0.1) is 0 Å². The third-order valence-corrected chi connectivity index (χ3v) is 8.84. The Morgan fingerprint density at radius 2 is 1.64 bits per heavy atom. The van der Waals surface area contributed by atoms with Crippen LogP contribution >= 0.6 is 0 Å². The first-order valence-electron chi connectivity index (χ1n) is 16.1. The van der Waals surface area contributed by atoms with E-state index < -0.39 is 29.7 Å². The molecule has 1 unspecified atom stereocenters. The van der Waals surface area contributed by atoms with Crippen LogP contribution in [-0.4, -0.2) is 77.7 Å². The Morgan fingerprint density at radius 1 is 0.911 bits per heavy atom. The number of aryl methyl sites for hydroxylation is 1. The molecule has 5 amide bonds. The minimum absolute atomic E-state index is 0.0138. The highest BCUT2D eigenvalue weighted by atomic mass is 16.5. The fourth-order valence-electron chi connectivity index (χ4n) is 6.27. The van der Waals surface area contributed by atoms with Crippen LogP contribution in [0.4, 0.5) is 0 Å². The second-order valence-corrected chi connectivity index (χ2v) is 12.2. The smallest absolute Gasteiger partial charge is 0.266 e. The standard InChI is InChI=1S/C34H43N5O6/c35-25-15-18-38(19-16-25)17-5-3-1-2-4-8-23-9-6-10-24(20-23)21-36-30(41)22-45-28-12-7-11-26-31(28)34(44)39(33(26)43)27-13-14-29(40)37-32(27)42/h6-7,9-12,20,25,27H,1-5,8,13-19,21-22,35H2,(H,36,41)(H,37,40,42). The van der Waals surface area contributed by atoms with Crippen molar-refractivity contribution in [1.82, 2.24) is 20.4 Å². The lowest BCUT2D eigenvalue weighted by molar-refractivity contribution is -0.136. The maximum atomic E-state index is 13.2. The minimum atomic E-state index is -1.07. The van der Waals surface area contributed by atoms with E-state index in [9.17, 15) is 24.0 Å². The summed E-state index contributed by atoms with van der Waals surface area (Å²) in [5.74, 6) is -2.71. The number of fused-ring (bicyclic) bond motifs is 1. The molecule has 0 aromatic heterocycles. The van der Waals surface area contributed by atoms with Crippen LogP contribution in [0.15, 0.2) is 42.5 Å². The Bertz CT molecular complexity index is 1420. The van der Waals surface area contributed by atoms with E-state index in [4.69, 9.17) is 10.5 Å². The van der Waals surface area contributed by atoms with Gasteiger partial charge in [-0.1, -0.05) is 49.6 Å². The highest BCUT2D eigenvalue weighted by Gasteiger charge is 2.46. The van der Waals surface area contributed by atoms with Gasteiger partial charge in [0.25, 0.3) is 17.7 Å². The lowest BCUT2D eigenvalue weighted by atomic mass is 10.0. The molecule has 2 fully saturated rings. The van der Waals surface area contributed by atoms with Crippen molar-refractivity contribution in [3.8, 4) is 5.75 Å². The zero-order valence-corrected chi connectivity index (χ0v) is 25.7. The number of benzene rings is 2. The Kier molecular flexibility index (Phi) is 11.0. The maximum absolute atomic E-state index is 13.2. The fourth-order valence-corrected chi connectivity index (χ4v) is 6.27.